The number of hydrogen-bond acceptors (Lipinski definition) is 3. The highest BCUT2D eigenvalue weighted by molar-refractivity contribution is 7.99. The zero-order chi connectivity index (χ0) is 24.0. The minimum Gasteiger partial charge on any atom is -0.313 e. The van der Waals surface area contributed by atoms with Gasteiger partial charge in [-0.15, -0.1) is 11.8 Å². The van der Waals surface area contributed by atoms with Gasteiger partial charge in [-0.2, -0.15) is 0 Å². The zero-order valence-corrected chi connectivity index (χ0v) is 20.7. The number of rotatable bonds is 9. The summed E-state index contributed by atoms with van der Waals surface area (Å²) >= 11 is 1.82. The summed E-state index contributed by atoms with van der Waals surface area (Å²) in [6.07, 6.45) is 5.80. The third-order valence-corrected chi connectivity index (χ3v) is 8.33. The van der Waals surface area contributed by atoms with E-state index < -0.39 is 0 Å². The molecule has 0 aromatic heterocycles. The lowest BCUT2D eigenvalue weighted by atomic mass is 10.0. The number of nitrogens with one attached hydrogen (secondary N) is 1. The number of fused-ring (bicyclic) bond motifs is 1. The summed E-state index contributed by atoms with van der Waals surface area (Å²) in [6.45, 7) is 4.27. The first-order valence-electron chi connectivity index (χ1n) is 12.5. The van der Waals surface area contributed by atoms with Gasteiger partial charge in [-0.25, -0.2) is 8.78 Å². The second kappa shape index (κ2) is 11.5. The topological polar surface area (TPSA) is 15.3 Å². The average Bonchev–Trinajstić information content (AvgIpc) is 3.29. The molecule has 2 aliphatic rings. The monoisotopic (exact) mass is 490 g/mol. The molecule has 1 aliphatic carbocycles. The highest BCUT2D eigenvalue weighted by Gasteiger charge is 2.21. The van der Waals surface area contributed by atoms with Crippen molar-refractivity contribution in [3.63, 3.8) is 0 Å². The molecule has 5 rings (SSSR count). The van der Waals surface area contributed by atoms with Crippen LogP contribution in [0.15, 0.2) is 78.4 Å². The van der Waals surface area contributed by atoms with Gasteiger partial charge in [-0.1, -0.05) is 60.2 Å². The maximum Gasteiger partial charge on any atom is 0.123 e. The van der Waals surface area contributed by atoms with E-state index in [-0.39, 0.29) is 16.9 Å². The van der Waals surface area contributed by atoms with Gasteiger partial charge in [0.05, 0.1) is 5.25 Å². The van der Waals surface area contributed by atoms with Gasteiger partial charge in [0, 0.05) is 24.9 Å². The molecule has 0 saturated carbocycles. The van der Waals surface area contributed by atoms with Crippen molar-refractivity contribution in [2.75, 3.05) is 31.9 Å². The maximum absolute atomic E-state index is 13.4. The van der Waals surface area contributed by atoms with Crippen LogP contribution in [0.1, 0.15) is 40.3 Å². The molecule has 1 N–H and O–H groups in total. The Kier molecular flexibility index (Phi) is 7.97. The molecule has 0 spiro atoms. The first-order chi connectivity index (χ1) is 17.1. The molecule has 0 unspecified atom stereocenters. The largest absolute Gasteiger partial charge is 0.313 e. The Hall–Kier alpha value is -2.47. The van der Waals surface area contributed by atoms with Gasteiger partial charge in [-0.05, 0) is 78.9 Å². The van der Waals surface area contributed by atoms with Gasteiger partial charge in [0.2, 0.25) is 0 Å². The third-order valence-electron chi connectivity index (χ3n) is 7.01. The first-order valence-corrected chi connectivity index (χ1v) is 13.5. The van der Waals surface area contributed by atoms with Gasteiger partial charge in [0.15, 0.2) is 0 Å². The van der Waals surface area contributed by atoms with E-state index in [1.54, 1.807) is 0 Å². The predicted molar refractivity (Wildman–Crippen MR) is 143 cm³/mol. The number of thioether (sulfide) groups is 1. The molecular weight excluding hydrogens is 458 g/mol. The van der Waals surface area contributed by atoms with E-state index in [9.17, 15) is 8.78 Å². The lowest BCUT2D eigenvalue weighted by molar-refractivity contribution is 0.213. The van der Waals surface area contributed by atoms with Gasteiger partial charge in [0.25, 0.3) is 0 Å². The molecule has 1 saturated heterocycles. The molecule has 3 aromatic carbocycles. The van der Waals surface area contributed by atoms with Gasteiger partial charge in [0.1, 0.15) is 11.6 Å². The molecule has 0 atom stereocenters. The average molecular weight is 491 g/mol. The Morgan fingerprint density at radius 2 is 1.49 bits per heavy atom. The van der Waals surface area contributed by atoms with Crippen molar-refractivity contribution in [3.8, 4) is 0 Å². The summed E-state index contributed by atoms with van der Waals surface area (Å²) in [4.78, 5) is 2.59. The van der Waals surface area contributed by atoms with Crippen LogP contribution in [0.4, 0.5) is 8.78 Å². The second-order valence-corrected chi connectivity index (χ2v) is 10.7. The van der Waals surface area contributed by atoms with Crippen molar-refractivity contribution in [2.45, 2.75) is 30.6 Å². The number of likely N-dealkylation sites (tertiary alicyclic amines) is 1. The fourth-order valence-electron chi connectivity index (χ4n) is 5.14. The van der Waals surface area contributed by atoms with Crippen LogP contribution in [0.25, 0.3) is 6.08 Å². The summed E-state index contributed by atoms with van der Waals surface area (Å²) in [7, 11) is 0. The Bertz CT molecular complexity index is 1090. The standard InChI is InChI=1S/C30H32F2N2S/c31-27-9-5-23(6-10-27)30(24-7-11-28(32)12-8-24)35-18-15-33-29-13-16-34(17-14-29)21-22-19-25-3-1-2-4-26(25)20-22/h1-12,19,29-30,33H,13-18,20-21H2. The number of piperidine rings is 1. The molecule has 0 radical (unpaired) electrons. The van der Waals surface area contributed by atoms with Crippen molar-refractivity contribution < 1.29 is 8.78 Å². The van der Waals surface area contributed by atoms with E-state index in [1.807, 2.05) is 36.0 Å². The molecule has 0 bridgehead atoms. The highest BCUT2D eigenvalue weighted by Crippen LogP contribution is 2.35. The fourth-order valence-corrected chi connectivity index (χ4v) is 6.31. The minimum absolute atomic E-state index is 0.0589. The lowest BCUT2D eigenvalue weighted by Gasteiger charge is -2.33. The normalized spacial score (nSPS) is 16.5. The van der Waals surface area contributed by atoms with Gasteiger partial charge < -0.3 is 5.32 Å². The predicted octanol–water partition coefficient (Wildman–Crippen LogP) is 6.48. The lowest BCUT2D eigenvalue weighted by Crippen LogP contribution is -2.43. The molecular formula is C30H32F2N2S. The summed E-state index contributed by atoms with van der Waals surface area (Å²) in [5.74, 6) is 0.460. The molecule has 35 heavy (non-hydrogen) atoms. The smallest absolute Gasteiger partial charge is 0.123 e. The molecule has 3 aromatic rings. The van der Waals surface area contributed by atoms with E-state index in [4.69, 9.17) is 0 Å². The molecule has 2 nitrogen and oxygen atoms in total. The van der Waals surface area contributed by atoms with Crippen LogP contribution < -0.4 is 5.32 Å². The Morgan fingerprint density at radius 3 is 2.11 bits per heavy atom. The van der Waals surface area contributed by atoms with Crippen molar-refractivity contribution in [1.29, 1.82) is 0 Å². The fraction of sp³-hybridized carbons (Fsp3) is 0.333. The van der Waals surface area contributed by atoms with Crippen LogP contribution in [-0.2, 0) is 6.42 Å². The summed E-state index contributed by atoms with van der Waals surface area (Å²) < 4.78 is 26.9. The number of benzene rings is 3. The van der Waals surface area contributed by atoms with Crippen molar-refractivity contribution in [1.82, 2.24) is 10.2 Å². The molecule has 5 heteroatoms. The summed E-state index contributed by atoms with van der Waals surface area (Å²) in [5.41, 5.74) is 6.45. The van der Waals surface area contributed by atoms with Crippen LogP contribution in [0.3, 0.4) is 0 Å². The number of halogens is 2. The molecule has 182 valence electrons. The van der Waals surface area contributed by atoms with Gasteiger partial charge >= 0.3 is 0 Å². The second-order valence-electron chi connectivity index (χ2n) is 9.54. The van der Waals surface area contributed by atoms with Crippen molar-refractivity contribution in [2.24, 2.45) is 0 Å². The van der Waals surface area contributed by atoms with E-state index >= 15 is 0 Å². The zero-order valence-electron chi connectivity index (χ0n) is 19.9. The van der Waals surface area contributed by atoms with Crippen LogP contribution in [0, 0.1) is 11.6 Å². The molecule has 1 heterocycles. The quantitative estimate of drug-likeness (QED) is 0.346. The summed E-state index contributed by atoms with van der Waals surface area (Å²) in [5, 5.41) is 3.80. The highest BCUT2D eigenvalue weighted by atomic mass is 32.2. The molecule has 1 aliphatic heterocycles. The Morgan fingerprint density at radius 1 is 0.857 bits per heavy atom. The van der Waals surface area contributed by atoms with Crippen LogP contribution in [-0.4, -0.2) is 42.9 Å². The molecule has 0 amide bonds. The van der Waals surface area contributed by atoms with Crippen LogP contribution >= 0.6 is 11.8 Å². The van der Waals surface area contributed by atoms with Crippen LogP contribution in [0.5, 0.6) is 0 Å². The third kappa shape index (κ3) is 6.40. The Labute approximate surface area is 211 Å². The molecule has 1 fully saturated rings. The van der Waals surface area contributed by atoms with Gasteiger partial charge in [-0.3, -0.25) is 4.90 Å². The van der Waals surface area contributed by atoms with Crippen LogP contribution in [0.2, 0.25) is 0 Å². The van der Waals surface area contributed by atoms with E-state index in [2.05, 4.69) is 40.6 Å². The summed E-state index contributed by atoms with van der Waals surface area (Å²) in [6, 6.07) is 22.6. The van der Waals surface area contributed by atoms with E-state index in [0.29, 0.717) is 6.04 Å². The Balaban J connectivity index is 1.07. The van der Waals surface area contributed by atoms with Crippen molar-refractivity contribution >= 4 is 17.8 Å². The van der Waals surface area contributed by atoms with Crippen molar-refractivity contribution in [3.05, 3.63) is 112 Å². The van der Waals surface area contributed by atoms with E-state index in [0.717, 1.165) is 49.5 Å². The SMILES string of the molecule is Fc1ccc(C(SCCNC2CCN(CC3=Cc4ccccc4C3)CC2)c2ccc(F)cc2)cc1. The maximum atomic E-state index is 13.4. The number of hydrogen-bond donors (Lipinski definition) is 1. The number of nitrogens with zero attached hydrogens (tertiary/aromatic N) is 1. The van der Waals surface area contributed by atoms with E-state index in [1.165, 1.54) is 53.8 Å². The minimum atomic E-state index is -0.238. The first kappa shape index (κ1) is 24.2.